The second-order valence-electron chi connectivity index (χ2n) is 3.73. The lowest BCUT2D eigenvalue weighted by Gasteiger charge is -2.01. The number of carboxylic acid groups (broad SMARTS) is 1. The van der Waals surface area contributed by atoms with E-state index in [0.29, 0.717) is 5.56 Å². The monoisotopic (exact) mass is 265 g/mol. The molecular weight excluding hydrogens is 257 g/mol. The second-order valence-corrected chi connectivity index (χ2v) is 3.73. The van der Waals surface area contributed by atoms with E-state index in [9.17, 15) is 19.3 Å². The molecule has 0 saturated heterocycles. The third-order valence-electron chi connectivity index (χ3n) is 2.45. The summed E-state index contributed by atoms with van der Waals surface area (Å²) in [4.78, 5) is 24.4. The molecule has 0 saturated carbocycles. The number of rotatable bonds is 4. The van der Waals surface area contributed by atoms with Crippen LogP contribution in [0.2, 0.25) is 0 Å². The van der Waals surface area contributed by atoms with Gasteiger partial charge in [0.2, 0.25) is 5.69 Å². The maximum Gasteiger partial charge on any atom is 0.363 e. The molecule has 2 rings (SSSR count). The lowest BCUT2D eigenvalue weighted by molar-refractivity contribution is -0.392. The van der Waals surface area contributed by atoms with E-state index >= 15 is 0 Å². The van der Waals surface area contributed by atoms with Crippen molar-refractivity contribution in [1.29, 1.82) is 0 Å². The predicted octanol–water partition coefficient (Wildman–Crippen LogP) is 1.68. The summed E-state index contributed by atoms with van der Waals surface area (Å²) in [6.07, 6.45) is 1.07. The average molecular weight is 265 g/mol. The zero-order chi connectivity index (χ0) is 14.0. The van der Waals surface area contributed by atoms with Gasteiger partial charge in [0.25, 0.3) is 0 Å². The van der Waals surface area contributed by atoms with Gasteiger partial charge in [0.05, 0.1) is 0 Å². The first-order valence-corrected chi connectivity index (χ1v) is 5.16. The van der Waals surface area contributed by atoms with Gasteiger partial charge in [0.1, 0.15) is 12.4 Å². The molecule has 19 heavy (non-hydrogen) atoms. The molecule has 0 amide bonds. The number of hydrogen-bond acceptors (Lipinski definition) is 4. The van der Waals surface area contributed by atoms with E-state index < -0.39 is 28.2 Å². The Morgan fingerprint density at radius 1 is 1.42 bits per heavy atom. The van der Waals surface area contributed by atoms with Crippen LogP contribution in [-0.4, -0.2) is 25.6 Å². The largest absolute Gasteiger partial charge is 0.476 e. The minimum atomic E-state index is -1.47. The molecule has 0 aliphatic carbocycles. The molecule has 0 aliphatic rings. The fourth-order valence-corrected chi connectivity index (χ4v) is 1.62. The van der Waals surface area contributed by atoms with Crippen LogP contribution in [-0.2, 0) is 6.54 Å². The summed E-state index contributed by atoms with van der Waals surface area (Å²) in [5.41, 5.74) is -0.0223. The normalized spacial score (nSPS) is 10.4. The van der Waals surface area contributed by atoms with Gasteiger partial charge in [0, 0.05) is 0 Å². The Morgan fingerprint density at radius 3 is 2.58 bits per heavy atom. The van der Waals surface area contributed by atoms with E-state index in [-0.39, 0.29) is 6.54 Å². The summed E-state index contributed by atoms with van der Waals surface area (Å²) < 4.78 is 13.8. The molecule has 7 nitrogen and oxygen atoms in total. The van der Waals surface area contributed by atoms with E-state index in [1.807, 2.05) is 0 Å². The van der Waals surface area contributed by atoms with Gasteiger partial charge in [-0.1, -0.05) is 12.1 Å². The number of hydrogen-bond donors (Lipinski definition) is 1. The van der Waals surface area contributed by atoms with Gasteiger partial charge in [-0.05, 0) is 22.6 Å². The first-order chi connectivity index (χ1) is 8.99. The quantitative estimate of drug-likeness (QED) is 0.669. The summed E-state index contributed by atoms with van der Waals surface area (Å²) in [7, 11) is 0. The molecule has 1 N–H and O–H groups in total. The zero-order valence-corrected chi connectivity index (χ0v) is 9.49. The Kier molecular flexibility index (Phi) is 3.23. The Hall–Kier alpha value is -2.77. The van der Waals surface area contributed by atoms with E-state index in [1.54, 1.807) is 0 Å². The molecule has 98 valence electrons. The van der Waals surface area contributed by atoms with Crippen molar-refractivity contribution in [1.82, 2.24) is 9.55 Å². The molecular formula is C11H8FN3O4. The molecule has 2 aromatic rings. The molecule has 0 fully saturated rings. The Bertz CT molecular complexity index is 636. The number of nitro groups is 1. The van der Waals surface area contributed by atoms with Crippen molar-refractivity contribution in [3.05, 3.63) is 57.8 Å². The number of carbonyl (C=O) groups is 1. The fraction of sp³-hybridized carbons (Fsp3) is 0.0909. The highest BCUT2D eigenvalue weighted by atomic mass is 19.1. The van der Waals surface area contributed by atoms with Crippen LogP contribution in [0.4, 0.5) is 10.2 Å². The van der Waals surface area contributed by atoms with Gasteiger partial charge >= 0.3 is 11.8 Å². The zero-order valence-electron chi connectivity index (χ0n) is 9.49. The molecule has 0 atom stereocenters. The Morgan fingerprint density at radius 2 is 2.05 bits per heavy atom. The number of aromatic carboxylic acids is 1. The van der Waals surface area contributed by atoms with Gasteiger partial charge in [-0.15, -0.1) is 0 Å². The van der Waals surface area contributed by atoms with Crippen molar-refractivity contribution in [3.63, 3.8) is 0 Å². The number of imidazole rings is 1. The van der Waals surface area contributed by atoms with Crippen molar-refractivity contribution >= 4 is 11.8 Å². The molecule has 0 spiro atoms. The van der Waals surface area contributed by atoms with E-state index in [1.165, 1.54) is 24.3 Å². The average Bonchev–Trinajstić information content (AvgIpc) is 2.76. The number of carboxylic acids is 1. The van der Waals surface area contributed by atoms with Crippen molar-refractivity contribution in [3.8, 4) is 0 Å². The van der Waals surface area contributed by atoms with Crippen LogP contribution < -0.4 is 0 Å². The molecule has 0 unspecified atom stereocenters. The first kappa shape index (κ1) is 12.7. The Labute approximate surface area is 106 Å². The number of benzene rings is 1. The molecule has 1 heterocycles. The highest BCUT2D eigenvalue weighted by molar-refractivity contribution is 5.89. The van der Waals surface area contributed by atoms with Crippen LogP contribution in [0.1, 0.15) is 16.1 Å². The van der Waals surface area contributed by atoms with Gasteiger partial charge in [-0.2, -0.15) is 0 Å². The second kappa shape index (κ2) is 4.84. The van der Waals surface area contributed by atoms with E-state index in [4.69, 9.17) is 5.11 Å². The van der Waals surface area contributed by atoms with Crippen LogP contribution >= 0.6 is 0 Å². The van der Waals surface area contributed by atoms with Crippen molar-refractivity contribution in [2.24, 2.45) is 0 Å². The van der Waals surface area contributed by atoms with Gasteiger partial charge < -0.3 is 15.2 Å². The number of aromatic nitrogens is 2. The van der Waals surface area contributed by atoms with Crippen molar-refractivity contribution < 1.29 is 19.2 Å². The molecule has 1 aromatic heterocycles. The van der Waals surface area contributed by atoms with Gasteiger partial charge in [-0.3, -0.25) is 0 Å². The molecule has 8 heteroatoms. The topological polar surface area (TPSA) is 98.3 Å². The van der Waals surface area contributed by atoms with Crippen LogP contribution in [0.25, 0.3) is 0 Å². The summed E-state index contributed by atoms with van der Waals surface area (Å²) in [5, 5.41) is 19.7. The molecule has 1 aromatic carbocycles. The van der Waals surface area contributed by atoms with Crippen LogP contribution in [0, 0.1) is 15.9 Å². The molecule has 0 aliphatic heterocycles. The standard InChI is InChI=1S/C11H8FN3O4/c12-8-3-1-7(2-4-8)5-14-6-13-9(11(16)17)10(14)15(18)19/h1-4,6H,5H2,(H,16,17). The summed E-state index contributed by atoms with van der Waals surface area (Å²) in [6.45, 7) is 0.0386. The molecule has 0 radical (unpaired) electrons. The Balaban J connectivity index is 2.37. The lowest BCUT2D eigenvalue weighted by atomic mass is 10.2. The highest BCUT2D eigenvalue weighted by Gasteiger charge is 2.26. The van der Waals surface area contributed by atoms with Gasteiger partial charge in [0.15, 0.2) is 6.33 Å². The lowest BCUT2D eigenvalue weighted by Crippen LogP contribution is -2.07. The van der Waals surface area contributed by atoms with Crippen molar-refractivity contribution in [2.75, 3.05) is 0 Å². The number of halogens is 1. The van der Waals surface area contributed by atoms with Gasteiger partial charge in [-0.25, -0.2) is 18.7 Å². The summed E-state index contributed by atoms with van der Waals surface area (Å²) >= 11 is 0. The SMILES string of the molecule is O=C(O)c1ncn(Cc2ccc(F)cc2)c1[N+](=O)[O-]. The highest BCUT2D eigenvalue weighted by Crippen LogP contribution is 2.19. The van der Waals surface area contributed by atoms with E-state index in [2.05, 4.69) is 4.98 Å². The minimum absolute atomic E-state index is 0.0386. The van der Waals surface area contributed by atoms with E-state index in [0.717, 1.165) is 10.9 Å². The third kappa shape index (κ3) is 2.57. The third-order valence-corrected chi connectivity index (χ3v) is 2.45. The van der Waals surface area contributed by atoms with Crippen LogP contribution in [0.15, 0.2) is 30.6 Å². The van der Waals surface area contributed by atoms with Crippen LogP contribution in [0.5, 0.6) is 0 Å². The summed E-state index contributed by atoms with van der Waals surface area (Å²) in [6, 6.07) is 5.35. The van der Waals surface area contributed by atoms with Crippen molar-refractivity contribution in [2.45, 2.75) is 6.54 Å². The maximum absolute atomic E-state index is 12.7. The summed E-state index contributed by atoms with van der Waals surface area (Å²) in [5.74, 6) is -2.49. The molecule has 0 bridgehead atoms. The smallest absolute Gasteiger partial charge is 0.363 e. The fourth-order valence-electron chi connectivity index (χ4n) is 1.62. The van der Waals surface area contributed by atoms with Crippen LogP contribution in [0.3, 0.4) is 0 Å². The number of nitrogens with zero attached hydrogens (tertiary/aromatic N) is 3. The maximum atomic E-state index is 12.7. The first-order valence-electron chi connectivity index (χ1n) is 5.16. The minimum Gasteiger partial charge on any atom is -0.476 e. The predicted molar refractivity (Wildman–Crippen MR) is 61.3 cm³/mol.